The summed E-state index contributed by atoms with van der Waals surface area (Å²) in [5, 5.41) is 11.6. The lowest BCUT2D eigenvalue weighted by molar-refractivity contribution is -0.384. The molecule has 0 unspecified atom stereocenters. The predicted molar refractivity (Wildman–Crippen MR) is 156 cm³/mol. The number of nitro benzene ring substituents is 1. The van der Waals surface area contributed by atoms with Crippen molar-refractivity contribution in [3.63, 3.8) is 0 Å². The summed E-state index contributed by atoms with van der Waals surface area (Å²) < 4.78 is 56.5. The van der Waals surface area contributed by atoms with E-state index in [1.807, 2.05) is 0 Å². The fraction of sp³-hybridized carbons (Fsp3) is 0.143. The Morgan fingerprint density at radius 1 is 0.881 bits per heavy atom. The Kier molecular flexibility index (Phi) is 6.75. The molecule has 2 N–H and O–H groups in total. The van der Waals surface area contributed by atoms with Crippen LogP contribution in [0.15, 0.2) is 101 Å². The molecule has 0 spiro atoms. The molecule has 1 aliphatic heterocycles. The van der Waals surface area contributed by atoms with Gasteiger partial charge < -0.3 is 5.73 Å². The van der Waals surface area contributed by atoms with Gasteiger partial charge in [0.25, 0.3) is 15.7 Å². The van der Waals surface area contributed by atoms with Gasteiger partial charge in [0.2, 0.25) is 16.0 Å². The van der Waals surface area contributed by atoms with Gasteiger partial charge in [-0.15, -0.1) is 0 Å². The summed E-state index contributed by atoms with van der Waals surface area (Å²) in [6, 6.07) is 19.9. The normalized spacial score (nSPS) is 16.1. The molecule has 1 fully saturated rings. The van der Waals surface area contributed by atoms with Gasteiger partial charge in [-0.05, 0) is 36.8 Å². The first kappa shape index (κ1) is 27.5. The molecule has 2 aromatic heterocycles. The second-order valence-electron chi connectivity index (χ2n) is 9.81. The second kappa shape index (κ2) is 10.3. The Bertz CT molecular complexity index is 2050. The number of sulfonamides is 1. The number of benzene rings is 3. The molecular weight excluding hydrogens is 580 g/mol. The highest BCUT2D eigenvalue weighted by Crippen LogP contribution is 2.39. The molecule has 0 radical (unpaired) electrons. The number of non-ortho nitro benzene ring substituents is 1. The molecule has 3 aromatic carbocycles. The molecule has 3 heterocycles. The van der Waals surface area contributed by atoms with Gasteiger partial charge in [0.15, 0.2) is 0 Å². The van der Waals surface area contributed by atoms with Crippen LogP contribution < -0.4 is 5.73 Å². The van der Waals surface area contributed by atoms with E-state index in [1.165, 1.54) is 38.7 Å². The quantitative estimate of drug-likeness (QED) is 0.213. The number of nitrogen functional groups attached to an aromatic ring is 1. The number of hydrogen-bond acceptors (Lipinski definition) is 9. The highest BCUT2D eigenvalue weighted by molar-refractivity contribution is 7.90. The zero-order chi connectivity index (χ0) is 29.6. The van der Waals surface area contributed by atoms with Crippen LogP contribution in [0.2, 0.25) is 0 Å². The number of nitro groups is 1. The highest BCUT2D eigenvalue weighted by atomic mass is 32.2. The number of nitrogens with two attached hydrogens (primary N) is 1. The third-order valence-electron chi connectivity index (χ3n) is 7.34. The van der Waals surface area contributed by atoms with Crippen LogP contribution in [0, 0.1) is 10.1 Å². The van der Waals surface area contributed by atoms with Crippen LogP contribution in [-0.4, -0.2) is 53.1 Å². The summed E-state index contributed by atoms with van der Waals surface area (Å²) in [6.45, 7) is 0.318. The Labute approximate surface area is 241 Å². The van der Waals surface area contributed by atoms with E-state index < -0.39 is 25.0 Å². The Hall–Kier alpha value is -4.66. The van der Waals surface area contributed by atoms with Gasteiger partial charge in [0.05, 0.1) is 25.9 Å². The summed E-state index contributed by atoms with van der Waals surface area (Å²) in [5.74, 6) is -0.328. The molecule has 5 aromatic rings. The standard InChI is InChI=1S/C28H24N6O6S2/c29-28-30-16-24(19-14-15-32(17-19)41(37,38)22-12-10-20(11-13-22)34(35)36)27(31-28)25-18-33(26-9-5-4-8-23(25)26)42(39,40)21-6-2-1-3-7-21/h1-13,16,18-19H,14-15,17H2,(H2,29,30,31)/t19-/m0/s1. The van der Waals surface area contributed by atoms with E-state index in [0.29, 0.717) is 34.1 Å². The number of aromatic nitrogens is 3. The molecule has 1 aliphatic rings. The average molecular weight is 605 g/mol. The largest absolute Gasteiger partial charge is 0.368 e. The van der Waals surface area contributed by atoms with E-state index in [2.05, 4.69) is 9.97 Å². The number of para-hydroxylation sites is 1. The monoisotopic (exact) mass is 604 g/mol. The number of anilines is 1. The molecule has 1 atom stereocenters. The Morgan fingerprint density at radius 3 is 2.26 bits per heavy atom. The first-order valence-corrected chi connectivity index (χ1v) is 15.7. The van der Waals surface area contributed by atoms with Crippen molar-refractivity contribution in [3.05, 3.63) is 107 Å². The minimum absolute atomic E-state index is 0.00940. The van der Waals surface area contributed by atoms with Crippen molar-refractivity contribution in [2.75, 3.05) is 18.8 Å². The first-order valence-electron chi connectivity index (χ1n) is 12.9. The van der Waals surface area contributed by atoms with E-state index in [-0.39, 0.29) is 40.4 Å². The van der Waals surface area contributed by atoms with Crippen molar-refractivity contribution in [1.29, 1.82) is 0 Å². The zero-order valence-corrected chi connectivity index (χ0v) is 23.6. The highest BCUT2D eigenvalue weighted by Gasteiger charge is 2.35. The minimum atomic E-state index is -3.95. The minimum Gasteiger partial charge on any atom is -0.368 e. The maximum atomic E-state index is 13.6. The molecule has 0 aliphatic carbocycles. The van der Waals surface area contributed by atoms with E-state index in [9.17, 15) is 26.9 Å². The van der Waals surface area contributed by atoms with Gasteiger partial charge in [-0.2, -0.15) is 4.31 Å². The molecule has 0 saturated carbocycles. The Morgan fingerprint density at radius 2 is 1.55 bits per heavy atom. The van der Waals surface area contributed by atoms with Crippen LogP contribution in [-0.2, 0) is 20.0 Å². The van der Waals surface area contributed by atoms with E-state index in [1.54, 1.807) is 48.7 Å². The number of rotatable bonds is 7. The molecule has 1 saturated heterocycles. The van der Waals surface area contributed by atoms with E-state index in [4.69, 9.17) is 5.73 Å². The second-order valence-corrected chi connectivity index (χ2v) is 13.6. The summed E-state index contributed by atoms with van der Waals surface area (Å²) >= 11 is 0. The summed E-state index contributed by atoms with van der Waals surface area (Å²) in [6.07, 6.45) is 3.52. The van der Waals surface area contributed by atoms with Crippen molar-refractivity contribution >= 4 is 42.6 Å². The number of fused-ring (bicyclic) bond motifs is 1. The SMILES string of the molecule is Nc1ncc([C@H]2CCN(S(=O)(=O)c3ccc([N+](=O)[O-])cc3)C2)c(-c2cn(S(=O)(=O)c3ccccc3)c3ccccc23)n1. The molecule has 214 valence electrons. The lowest BCUT2D eigenvalue weighted by Gasteiger charge is -2.18. The van der Waals surface area contributed by atoms with Crippen molar-refractivity contribution in [1.82, 2.24) is 18.2 Å². The van der Waals surface area contributed by atoms with E-state index in [0.717, 1.165) is 12.1 Å². The smallest absolute Gasteiger partial charge is 0.269 e. The molecular formula is C28H24N6O6S2. The van der Waals surface area contributed by atoms with Crippen molar-refractivity contribution in [2.24, 2.45) is 0 Å². The summed E-state index contributed by atoms with van der Waals surface area (Å²) in [5.41, 5.74) is 7.81. The molecule has 0 bridgehead atoms. The van der Waals surface area contributed by atoms with Gasteiger partial charge in [-0.3, -0.25) is 10.1 Å². The van der Waals surface area contributed by atoms with Crippen LogP contribution in [0.5, 0.6) is 0 Å². The molecule has 0 amide bonds. The fourth-order valence-electron chi connectivity index (χ4n) is 5.25. The van der Waals surface area contributed by atoms with Crippen molar-refractivity contribution in [2.45, 2.75) is 22.1 Å². The number of hydrogen-bond donors (Lipinski definition) is 1. The molecule has 14 heteroatoms. The maximum absolute atomic E-state index is 13.6. The van der Waals surface area contributed by atoms with Gasteiger partial charge in [-0.25, -0.2) is 30.8 Å². The van der Waals surface area contributed by atoms with Gasteiger partial charge in [-0.1, -0.05) is 36.4 Å². The third-order valence-corrected chi connectivity index (χ3v) is 10.9. The van der Waals surface area contributed by atoms with Gasteiger partial charge >= 0.3 is 0 Å². The van der Waals surface area contributed by atoms with Crippen LogP contribution in [0.25, 0.3) is 22.2 Å². The van der Waals surface area contributed by atoms with Gasteiger partial charge in [0, 0.05) is 60.0 Å². The van der Waals surface area contributed by atoms with Crippen molar-refractivity contribution in [3.8, 4) is 11.3 Å². The van der Waals surface area contributed by atoms with Crippen LogP contribution in [0.3, 0.4) is 0 Å². The van der Waals surface area contributed by atoms with Crippen molar-refractivity contribution < 1.29 is 21.8 Å². The summed E-state index contributed by atoms with van der Waals surface area (Å²) in [7, 11) is -7.88. The van der Waals surface area contributed by atoms with Crippen LogP contribution in [0.4, 0.5) is 11.6 Å². The third kappa shape index (κ3) is 4.68. The molecule has 6 rings (SSSR count). The molecule has 42 heavy (non-hydrogen) atoms. The predicted octanol–water partition coefficient (Wildman–Crippen LogP) is 4.00. The van der Waals surface area contributed by atoms with Crippen LogP contribution in [0.1, 0.15) is 17.9 Å². The lowest BCUT2D eigenvalue weighted by Crippen LogP contribution is -2.28. The average Bonchev–Trinajstić information content (AvgIpc) is 3.64. The lowest BCUT2D eigenvalue weighted by atomic mass is 9.95. The zero-order valence-electron chi connectivity index (χ0n) is 21.9. The first-order chi connectivity index (χ1) is 20.1. The van der Waals surface area contributed by atoms with Gasteiger partial charge in [0.1, 0.15) is 0 Å². The maximum Gasteiger partial charge on any atom is 0.269 e. The summed E-state index contributed by atoms with van der Waals surface area (Å²) in [4.78, 5) is 19.2. The topological polar surface area (TPSA) is 171 Å². The fourth-order valence-corrected chi connectivity index (χ4v) is 8.14. The van der Waals surface area contributed by atoms with E-state index >= 15 is 0 Å². The number of nitrogens with zero attached hydrogens (tertiary/aromatic N) is 5. The van der Waals surface area contributed by atoms with Crippen LogP contribution >= 0.6 is 0 Å². The molecule has 12 nitrogen and oxygen atoms in total. The Balaban J connectivity index is 1.40.